The zero-order valence-electron chi connectivity index (χ0n) is 13.9. The molecule has 0 amide bonds. The Bertz CT molecular complexity index is 924. The van der Waals surface area contributed by atoms with Crippen molar-refractivity contribution in [1.29, 1.82) is 0 Å². The van der Waals surface area contributed by atoms with Gasteiger partial charge in [0, 0.05) is 36.2 Å². The van der Waals surface area contributed by atoms with E-state index in [1.165, 1.54) is 24.3 Å². The average molecular weight is 369 g/mol. The highest BCUT2D eigenvalue weighted by Gasteiger charge is 2.34. The molecule has 1 aliphatic carbocycles. The number of H-pyrrole nitrogens is 1. The molecule has 0 atom stereocenters. The summed E-state index contributed by atoms with van der Waals surface area (Å²) in [6.45, 7) is 1.66. The monoisotopic (exact) mass is 369 g/mol. The van der Waals surface area contributed by atoms with Crippen LogP contribution in [0.1, 0.15) is 36.1 Å². The van der Waals surface area contributed by atoms with Crippen molar-refractivity contribution in [1.82, 2.24) is 4.98 Å². The molecule has 7 heteroatoms. The molecular weight excluding hydrogens is 353 g/mol. The summed E-state index contributed by atoms with van der Waals surface area (Å²) >= 11 is 0. The molecule has 0 bridgehead atoms. The Balaban J connectivity index is 2.18. The Morgan fingerprint density at radius 2 is 1.81 bits per heavy atom. The van der Waals surface area contributed by atoms with Gasteiger partial charge in [-0.3, -0.25) is 4.79 Å². The fourth-order valence-corrected chi connectivity index (χ4v) is 3.09. The van der Waals surface area contributed by atoms with E-state index in [0.29, 0.717) is 22.5 Å². The summed E-state index contributed by atoms with van der Waals surface area (Å²) in [5, 5.41) is 0. The second kappa shape index (κ2) is 6.37. The topological polar surface area (TPSA) is 32.9 Å². The molecule has 1 heterocycles. The lowest BCUT2D eigenvalue weighted by atomic mass is 9.87. The normalized spacial score (nSPS) is 17.1. The van der Waals surface area contributed by atoms with E-state index in [0.717, 1.165) is 12.1 Å². The lowest BCUT2D eigenvalue weighted by Gasteiger charge is -2.24. The van der Waals surface area contributed by atoms with Gasteiger partial charge in [-0.1, -0.05) is 12.1 Å². The van der Waals surface area contributed by atoms with Crippen LogP contribution in [0.15, 0.2) is 41.2 Å². The minimum absolute atomic E-state index is 0.0304. The number of allylic oxidation sites excluding steroid dienone is 2. The second-order valence-electron chi connectivity index (χ2n) is 6.46. The van der Waals surface area contributed by atoms with E-state index < -0.39 is 30.5 Å². The fourth-order valence-electron chi connectivity index (χ4n) is 3.09. The van der Waals surface area contributed by atoms with Crippen molar-refractivity contribution >= 4 is 5.57 Å². The molecule has 0 unspecified atom stereocenters. The van der Waals surface area contributed by atoms with Gasteiger partial charge in [0.25, 0.3) is 5.92 Å². The minimum Gasteiger partial charge on any atom is -0.358 e. The van der Waals surface area contributed by atoms with Gasteiger partial charge in [0.15, 0.2) is 5.43 Å². The zero-order chi connectivity index (χ0) is 19.1. The van der Waals surface area contributed by atoms with E-state index in [9.17, 15) is 26.7 Å². The summed E-state index contributed by atoms with van der Waals surface area (Å²) in [4.78, 5) is 14.7. The number of benzene rings is 1. The predicted octanol–water partition coefficient (Wildman–Crippen LogP) is 5.57. The van der Waals surface area contributed by atoms with Crippen molar-refractivity contribution in [2.75, 3.05) is 0 Å². The first-order valence-electron chi connectivity index (χ1n) is 8.05. The molecule has 3 rings (SSSR count). The molecule has 0 fully saturated rings. The van der Waals surface area contributed by atoms with Gasteiger partial charge in [0.05, 0.1) is 11.3 Å². The van der Waals surface area contributed by atoms with Crippen molar-refractivity contribution in [3.63, 3.8) is 0 Å². The van der Waals surface area contributed by atoms with Crippen LogP contribution in [0, 0.1) is 6.92 Å². The summed E-state index contributed by atoms with van der Waals surface area (Å²) in [7, 11) is 0. The maximum Gasteiger partial charge on any atom is 0.416 e. The Morgan fingerprint density at radius 1 is 1.08 bits per heavy atom. The molecule has 1 aromatic heterocycles. The first-order valence-corrected chi connectivity index (χ1v) is 8.05. The van der Waals surface area contributed by atoms with Gasteiger partial charge in [-0.05, 0) is 36.6 Å². The number of hydrogen-bond donors (Lipinski definition) is 1. The Kier molecular flexibility index (Phi) is 4.50. The van der Waals surface area contributed by atoms with Gasteiger partial charge < -0.3 is 4.98 Å². The molecular formula is C19H16F5NO. The Labute approximate surface area is 146 Å². The summed E-state index contributed by atoms with van der Waals surface area (Å²) in [6.07, 6.45) is -4.22. The van der Waals surface area contributed by atoms with E-state index in [4.69, 9.17) is 0 Å². The van der Waals surface area contributed by atoms with Crippen molar-refractivity contribution in [3.8, 4) is 11.3 Å². The van der Waals surface area contributed by atoms with Crippen LogP contribution in [-0.2, 0) is 6.18 Å². The van der Waals surface area contributed by atoms with Crippen LogP contribution >= 0.6 is 0 Å². The number of aryl methyl sites for hydroxylation is 1. The third-order valence-corrected chi connectivity index (χ3v) is 4.37. The van der Waals surface area contributed by atoms with Gasteiger partial charge in [0.2, 0.25) is 0 Å². The lowest BCUT2D eigenvalue weighted by molar-refractivity contribution is -0.137. The fraction of sp³-hybridized carbons (Fsp3) is 0.316. The number of aromatic nitrogens is 1. The first-order chi connectivity index (χ1) is 12.0. The zero-order valence-corrected chi connectivity index (χ0v) is 13.9. The standard InChI is InChI=1S/C19H16F5NO/c1-11-8-14(26)10-17(25-11)15-3-2-13(19(22,23)24)9-16(15)12-4-6-18(20,21)7-5-12/h2-4,8-10H,5-7H2,1H3,(H,25,26). The van der Waals surface area contributed by atoms with Gasteiger partial charge in [0.1, 0.15) is 0 Å². The van der Waals surface area contributed by atoms with Crippen LogP contribution in [0.2, 0.25) is 0 Å². The molecule has 2 nitrogen and oxygen atoms in total. The number of alkyl halides is 5. The molecule has 1 aromatic carbocycles. The largest absolute Gasteiger partial charge is 0.416 e. The molecule has 1 aliphatic rings. The maximum absolute atomic E-state index is 13.4. The highest BCUT2D eigenvalue weighted by atomic mass is 19.4. The SMILES string of the molecule is Cc1cc(=O)cc(-c2ccc(C(F)(F)F)cc2C2=CCC(F)(F)CC2)[nH]1. The van der Waals surface area contributed by atoms with Gasteiger partial charge in [-0.2, -0.15) is 13.2 Å². The van der Waals surface area contributed by atoms with Crippen LogP contribution in [0.5, 0.6) is 0 Å². The number of aromatic amines is 1. The molecule has 26 heavy (non-hydrogen) atoms. The first kappa shape index (κ1) is 18.4. The molecule has 0 saturated heterocycles. The number of nitrogens with one attached hydrogen (secondary N) is 1. The van der Waals surface area contributed by atoms with E-state index in [2.05, 4.69) is 4.98 Å². The number of hydrogen-bond acceptors (Lipinski definition) is 1. The minimum atomic E-state index is -4.55. The number of pyridine rings is 1. The van der Waals surface area contributed by atoms with Crippen LogP contribution in [0.4, 0.5) is 22.0 Å². The van der Waals surface area contributed by atoms with E-state index >= 15 is 0 Å². The molecule has 0 radical (unpaired) electrons. The summed E-state index contributed by atoms with van der Waals surface area (Å²) in [6, 6.07) is 5.82. The summed E-state index contributed by atoms with van der Waals surface area (Å²) < 4.78 is 66.2. The smallest absolute Gasteiger partial charge is 0.358 e. The van der Waals surface area contributed by atoms with E-state index in [-0.39, 0.29) is 17.4 Å². The van der Waals surface area contributed by atoms with Crippen molar-refractivity contribution in [2.24, 2.45) is 0 Å². The van der Waals surface area contributed by atoms with Crippen LogP contribution in [-0.4, -0.2) is 10.9 Å². The third-order valence-electron chi connectivity index (χ3n) is 4.37. The average Bonchev–Trinajstić information content (AvgIpc) is 2.52. The van der Waals surface area contributed by atoms with Gasteiger partial charge in [-0.15, -0.1) is 0 Å². The molecule has 0 spiro atoms. The van der Waals surface area contributed by atoms with Gasteiger partial charge in [-0.25, -0.2) is 8.78 Å². The Morgan fingerprint density at radius 3 is 2.38 bits per heavy atom. The molecule has 1 N–H and O–H groups in total. The van der Waals surface area contributed by atoms with Crippen molar-refractivity contribution in [3.05, 3.63) is 63.5 Å². The Hall–Kier alpha value is -2.44. The molecule has 0 aliphatic heterocycles. The predicted molar refractivity (Wildman–Crippen MR) is 89.0 cm³/mol. The van der Waals surface area contributed by atoms with Gasteiger partial charge >= 0.3 is 6.18 Å². The molecule has 2 aromatic rings. The van der Waals surface area contributed by atoms with Crippen molar-refractivity contribution < 1.29 is 22.0 Å². The lowest BCUT2D eigenvalue weighted by Crippen LogP contribution is -2.18. The molecule has 0 saturated carbocycles. The summed E-state index contributed by atoms with van der Waals surface area (Å²) in [5.41, 5.74) is 0.807. The van der Waals surface area contributed by atoms with Crippen LogP contribution in [0.25, 0.3) is 16.8 Å². The van der Waals surface area contributed by atoms with Crippen molar-refractivity contribution in [2.45, 2.75) is 38.3 Å². The highest BCUT2D eigenvalue weighted by Crippen LogP contribution is 2.41. The van der Waals surface area contributed by atoms with Crippen LogP contribution in [0.3, 0.4) is 0 Å². The number of halogens is 5. The molecule has 138 valence electrons. The second-order valence-corrected chi connectivity index (χ2v) is 6.46. The quantitative estimate of drug-likeness (QED) is 0.690. The maximum atomic E-state index is 13.4. The van der Waals surface area contributed by atoms with E-state index in [1.807, 2.05) is 0 Å². The highest BCUT2D eigenvalue weighted by molar-refractivity contribution is 5.81. The van der Waals surface area contributed by atoms with E-state index in [1.54, 1.807) is 6.92 Å². The summed E-state index contributed by atoms with van der Waals surface area (Å²) in [5.74, 6) is -2.84. The van der Waals surface area contributed by atoms with Crippen LogP contribution < -0.4 is 5.43 Å². The third kappa shape index (κ3) is 3.86. The number of rotatable bonds is 2.